The van der Waals surface area contributed by atoms with Crippen LogP contribution in [0.3, 0.4) is 0 Å². The number of hydrogen-bond donors (Lipinski definition) is 1. The minimum Gasteiger partial charge on any atom is -0.507 e. The normalized spacial score (nSPS) is 21.6. The number of carbonyl (C=O) groups is 2. The van der Waals surface area contributed by atoms with Crippen LogP contribution in [-0.4, -0.2) is 71.0 Å². The van der Waals surface area contributed by atoms with Crippen LogP contribution in [-0.2, 0) is 14.3 Å². The zero-order chi connectivity index (χ0) is 21.8. The molecule has 1 unspecified atom stereocenters. The average Bonchev–Trinajstić information content (AvgIpc) is 3.05. The number of aliphatic hydroxyl groups is 1. The summed E-state index contributed by atoms with van der Waals surface area (Å²) >= 11 is 3.37. The minimum absolute atomic E-state index is 0.103. The number of rotatable bonds is 6. The molecule has 0 spiro atoms. The number of nitrogens with zero attached hydrogens (tertiary/aromatic N) is 3. The van der Waals surface area contributed by atoms with Crippen LogP contribution in [0.4, 0.5) is 0 Å². The number of pyridine rings is 1. The molecule has 0 saturated carbocycles. The number of benzene rings is 1. The van der Waals surface area contributed by atoms with Gasteiger partial charge in [-0.25, -0.2) is 0 Å². The molecule has 2 saturated heterocycles. The van der Waals surface area contributed by atoms with E-state index in [9.17, 15) is 14.7 Å². The number of halogens is 1. The highest BCUT2D eigenvalue weighted by atomic mass is 79.9. The number of amides is 1. The molecule has 1 aromatic carbocycles. The quantitative estimate of drug-likeness (QED) is 0.384. The summed E-state index contributed by atoms with van der Waals surface area (Å²) in [4.78, 5) is 33.9. The van der Waals surface area contributed by atoms with Crippen LogP contribution in [0.2, 0.25) is 0 Å². The van der Waals surface area contributed by atoms with Gasteiger partial charge in [-0.15, -0.1) is 0 Å². The second-order valence-electron chi connectivity index (χ2n) is 7.59. The van der Waals surface area contributed by atoms with Crippen LogP contribution in [0.1, 0.15) is 23.6 Å². The molecule has 2 aliphatic rings. The second-order valence-corrected chi connectivity index (χ2v) is 8.51. The van der Waals surface area contributed by atoms with Crippen molar-refractivity contribution in [1.82, 2.24) is 14.8 Å². The molecule has 8 heteroatoms. The summed E-state index contributed by atoms with van der Waals surface area (Å²) in [6.45, 7) is 4.40. The van der Waals surface area contributed by atoms with Gasteiger partial charge in [0.05, 0.1) is 24.8 Å². The lowest BCUT2D eigenvalue weighted by molar-refractivity contribution is -0.140. The lowest BCUT2D eigenvalue weighted by Gasteiger charge is -2.29. The van der Waals surface area contributed by atoms with Gasteiger partial charge in [0.2, 0.25) is 0 Å². The van der Waals surface area contributed by atoms with Gasteiger partial charge in [-0.05, 0) is 30.2 Å². The maximum atomic E-state index is 13.0. The number of ketones is 1. The third kappa shape index (κ3) is 4.71. The van der Waals surface area contributed by atoms with Crippen molar-refractivity contribution in [2.45, 2.75) is 12.5 Å². The van der Waals surface area contributed by atoms with E-state index < -0.39 is 17.7 Å². The number of carbonyl (C=O) groups excluding carboxylic acids is 2. The zero-order valence-electron chi connectivity index (χ0n) is 17.0. The van der Waals surface area contributed by atoms with Gasteiger partial charge in [0.15, 0.2) is 0 Å². The Morgan fingerprint density at radius 1 is 1.13 bits per heavy atom. The molecule has 0 radical (unpaired) electrons. The fourth-order valence-corrected chi connectivity index (χ4v) is 4.31. The molecular weight excluding hydrogens is 462 g/mol. The third-order valence-corrected chi connectivity index (χ3v) is 6.16. The molecule has 31 heavy (non-hydrogen) atoms. The lowest BCUT2D eigenvalue weighted by Crippen LogP contribution is -2.39. The van der Waals surface area contributed by atoms with Crippen LogP contribution < -0.4 is 0 Å². The van der Waals surface area contributed by atoms with Gasteiger partial charge in [0.25, 0.3) is 11.7 Å². The Kier molecular flexibility index (Phi) is 6.80. The topological polar surface area (TPSA) is 83.0 Å². The van der Waals surface area contributed by atoms with E-state index in [2.05, 4.69) is 25.8 Å². The smallest absolute Gasteiger partial charge is 0.295 e. The van der Waals surface area contributed by atoms with E-state index in [1.165, 1.54) is 0 Å². The van der Waals surface area contributed by atoms with E-state index in [0.717, 1.165) is 30.5 Å². The van der Waals surface area contributed by atoms with E-state index in [1.807, 2.05) is 6.07 Å². The van der Waals surface area contributed by atoms with E-state index in [4.69, 9.17) is 4.74 Å². The molecule has 2 aromatic rings. The molecule has 0 bridgehead atoms. The molecule has 1 amide bonds. The number of aromatic nitrogens is 1. The Bertz CT molecular complexity index is 972. The number of ether oxygens (including phenoxy) is 1. The molecule has 1 N–H and O–H groups in total. The first-order valence-electron chi connectivity index (χ1n) is 10.3. The maximum absolute atomic E-state index is 13.0. The van der Waals surface area contributed by atoms with Gasteiger partial charge in [-0.1, -0.05) is 34.1 Å². The highest BCUT2D eigenvalue weighted by molar-refractivity contribution is 9.10. The summed E-state index contributed by atoms with van der Waals surface area (Å²) in [5.41, 5.74) is 1.29. The fourth-order valence-electron chi connectivity index (χ4n) is 4.05. The SMILES string of the molecule is O=C1C(=O)N(CCCN2CCOCC2)C(c2cccnc2)/C1=C(/O)c1ccc(Br)cc1. The maximum Gasteiger partial charge on any atom is 0.295 e. The van der Waals surface area contributed by atoms with Crippen LogP contribution in [0, 0.1) is 0 Å². The van der Waals surface area contributed by atoms with E-state index in [-0.39, 0.29) is 11.3 Å². The fraction of sp³-hybridized carbons (Fsp3) is 0.348. The van der Waals surface area contributed by atoms with Gasteiger partial charge < -0.3 is 14.7 Å². The summed E-state index contributed by atoms with van der Waals surface area (Å²) in [5, 5.41) is 11.0. The zero-order valence-corrected chi connectivity index (χ0v) is 18.6. The van der Waals surface area contributed by atoms with Gasteiger partial charge in [0.1, 0.15) is 5.76 Å². The van der Waals surface area contributed by atoms with Crippen LogP contribution >= 0.6 is 15.9 Å². The number of Topliss-reactive ketones (excluding diaryl/α,β-unsaturated/α-hetero) is 1. The van der Waals surface area contributed by atoms with Crippen molar-refractivity contribution in [1.29, 1.82) is 0 Å². The Balaban J connectivity index is 1.64. The average molecular weight is 486 g/mol. The predicted octanol–water partition coefficient (Wildman–Crippen LogP) is 2.99. The number of morpholine rings is 1. The number of likely N-dealkylation sites (tertiary alicyclic amines) is 1. The van der Waals surface area contributed by atoms with Gasteiger partial charge in [0, 0.05) is 48.6 Å². The van der Waals surface area contributed by atoms with Crippen molar-refractivity contribution in [3.8, 4) is 0 Å². The summed E-state index contributed by atoms with van der Waals surface area (Å²) in [5.74, 6) is -1.43. The van der Waals surface area contributed by atoms with Crippen molar-refractivity contribution in [3.63, 3.8) is 0 Å². The summed E-state index contributed by atoms with van der Waals surface area (Å²) < 4.78 is 6.24. The first kappa shape index (κ1) is 21.7. The Morgan fingerprint density at radius 2 is 1.87 bits per heavy atom. The number of aliphatic hydroxyl groups excluding tert-OH is 1. The van der Waals surface area contributed by atoms with Gasteiger partial charge >= 0.3 is 0 Å². The molecule has 2 fully saturated rings. The monoisotopic (exact) mass is 485 g/mol. The lowest BCUT2D eigenvalue weighted by atomic mass is 9.96. The molecule has 4 rings (SSSR count). The van der Waals surface area contributed by atoms with Gasteiger partial charge in [-0.3, -0.25) is 19.5 Å². The van der Waals surface area contributed by atoms with E-state index in [1.54, 1.807) is 47.6 Å². The third-order valence-electron chi connectivity index (χ3n) is 5.63. The first-order chi connectivity index (χ1) is 15.1. The molecule has 1 aromatic heterocycles. The molecule has 1 atom stereocenters. The van der Waals surface area contributed by atoms with Crippen molar-refractivity contribution in [2.24, 2.45) is 0 Å². The second kappa shape index (κ2) is 9.72. The van der Waals surface area contributed by atoms with Crippen molar-refractivity contribution >= 4 is 33.4 Å². The highest BCUT2D eigenvalue weighted by Gasteiger charge is 2.45. The van der Waals surface area contributed by atoms with Crippen LogP contribution in [0.5, 0.6) is 0 Å². The van der Waals surface area contributed by atoms with Crippen molar-refractivity contribution < 1.29 is 19.4 Å². The molecule has 2 aliphatic heterocycles. The summed E-state index contributed by atoms with van der Waals surface area (Å²) in [6.07, 6.45) is 4.01. The van der Waals surface area contributed by atoms with Gasteiger partial charge in [-0.2, -0.15) is 0 Å². The molecule has 7 nitrogen and oxygen atoms in total. The largest absolute Gasteiger partial charge is 0.507 e. The molecule has 0 aliphatic carbocycles. The molecular formula is C23H24BrN3O4. The Hall–Kier alpha value is -2.55. The van der Waals surface area contributed by atoms with E-state index in [0.29, 0.717) is 30.9 Å². The first-order valence-corrected chi connectivity index (χ1v) is 11.1. The van der Waals surface area contributed by atoms with E-state index >= 15 is 0 Å². The predicted molar refractivity (Wildman–Crippen MR) is 119 cm³/mol. The standard InChI is InChI=1S/C23H24BrN3O4/c24-18-6-4-16(5-7-18)21(28)19-20(17-3-1-8-25-15-17)27(23(30)22(19)29)10-2-9-26-11-13-31-14-12-26/h1,3-8,15,20,28H,2,9-14H2/b21-19-. The summed E-state index contributed by atoms with van der Waals surface area (Å²) in [7, 11) is 0. The minimum atomic E-state index is -0.666. The Morgan fingerprint density at radius 3 is 2.55 bits per heavy atom. The Labute approximate surface area is 189 Å². The van der Waals surface area contributed by atoms with Crippen LogP contribution in [0.25, 0.3) is 5.76 Å². The van der Waals surface area contributed by atoms with Crippen LogP contribution in [0.15, 0.2) is 58.8 Å². The molecule has 3 heterocycles. The highest BCUT2D eigenvalue weighted by Crippen LogP contribution is 2.39. The van der Waals surface area contributed by atoms with Crippen molar-refractivity contribution in [3.05, 3.63) is 70.0 Å². The van der Waals surface area contributed by atoms with Crippen molar-refractivity contribution in [2.75, 3.05) is 39.4 Å². The number of hydrogen-bond acceptors (Lipinski definition) is 6. The summed E-state index contributed by atoms with van der Waals surface area (Å²) in [6, 6.07) is 9.92. The molecule has 162 valence electrons.